The van der Waals surface area contributed by atoms with Gasteiger partial charge < -0.3 is 9.94 Å². The van der Waals surface area contributed by atoms with Crippen molar-refractivity contribution < 1.29 is 9.48 Å². The van der Waals surface area contributed by atoms with Gasteiger partial charge in [-0.25, -0.2) is 0 Å². The monoisotopic (exact) mass is 333 g/mol. The Morgan fingerprint density at radius 3 is 2.40 bits per heavy atom. The molecule has 0 fully saturated rings. The Morgan fingerprint density at radius 2 is 1.68 bits per heavy atom. The van der Waals surface area contributed by atoms with Gasteiger partial charge in [-0.2, -0.15) is 4.74 Å². The molecule has 3 heteroatoms. The summed E-state index contributed by atoms with van der Waals surface area (Å²) < 4.78 is 7.08. The number of fused-ring (bicyclic) bond motifs is 3. The Labute approximate surface area is 148 Å². The maximum Gasteiger partial charge on any atom is 0.225 e. The van der Waals surface area contributed by atoms with Crippen LogP contribution in [0.25, 0.3) is 5.57 Å². The highest BCUT2D eigenvalue weighted by Gasteiger charge is 2.48. The van der Waals surface area contributed by atoms with E-state index in [4.69, 9.17) is 4.74 Å². The van der Waals surface area contributed by atoms with Crippen molar-refractivity contribution in [2.45, 2.75) is 34.1 Å². The fraction of sp³-hybridized carbons (Fsp3) is 0.318. The van der Waals surface area contributed by atoms with Crippen LogP contribution in [-0.2, 0) is 0 Å². The third-order valence-electron chi connectivity index (χ3n) is 4.99. The number of hydrogen-bond acceptors (Lipinski definition) is 2. The fourth-order valence-electron chi connectivity index (χ4n) is 4.40. The van der Waals surface area contributed by atoms with Crippen LogP contribution in [0.5, 0.6) is 11.5 Å². The number of benzene rings is 2. The summed E-state index contributed by atoms with van der Waals surface area (Å²) in [5.74, 6) is 1.54. The molecular formula is C22H23NO2. The van der Waals surface area contributed by atoms with E-state index in [0.29, 0.717) is 5.69 Å². The topological polar surface area (TPSA) is 35.3 Å². The standard InChI is InChI=1S/C22H23NO2/c1-21(2)13-18-17-12-16(25-15-8-6-5-7-9-15)10-11-19(17)23(24)20(18)22(3,4)14-21/h5-13H,14H2,1-4H3. The second-order valence-corrected chi connectivity index (χ2v) is 8.34. The van der Waals surface area contributed by atoms with Crippen LogP contribution in [0.15, 0.2) is 54.6 Å². The molecule has 1 heterocycles. The highest BCUT2D eigenvalue weighted by Crippen LogP contribution is 2.51. The minimum atomic E-state index is -0.158. The molecule has 0 saturated carbocycles. The number of hydrogen-bond donors (Lipinski definition) is 0. The van der Waals surface area contributed by atoms with Crippen LogP contribution in [-0.4, -0.2) is 10.5 Å². The molecule has 3 nitrogen and oxygen atoms in total. The van der Waals surface area contributed by atoms with Crippen LogP contribution in [0.3, 0.4) is 0 Å². The van der Waals surface area contributed by atoms with Gasteiger partial charge in [-0.1, -0.05) is 38.1 Å². The number of rotatable bonds is 2. The number of ether oxygens (including phenoxy) is 1. The molecule has 2 aromatic rings. The molecular weight excluding hydrogens is 310 g/mol. The average molecular weight is 333 g/mol. The largest absolute Gasteiger partial charge is 0.618 e. The van der Waals surface area contributed by atoms with Crippen molar-refractivity contribution in [2.75, 3.05) is 0 Å². The predicted molar refractivity (Wildman–Crippen MR) is 101 cm³/mol. The summed E-state index contributed by atoms with van der Waals surface area (Å²) in [6.07, 6.45) is 3.20. The summed E-state index contributed by atoms with van der Waals surface area (Å²) in [5, 5.41) is 12.9. The molecule has 0 radical (unpaired) electrons. The van der Waals surface area contributed by atoms with E-state index in [1.807, 2.05) is 48.5 Å². The van der Waals surface area contributed by atoms with Crippen LogP contribution in [0, 0.1) is 16.0 Å². The van der Waals surface area contributed by atoms with Crippen LogP contribution in [0.4, 0.5) is 5.69 Å². The zero-order valence-electron chi connectivity index (χ0n) is 15.2. The molecule has 128 valence electrons. The first-order valence-electron chi connectivity index (χ1n) is 8.72. The van der Waals surface area contributed by atoms with Crippen LogP contribution in [0.2, 0.25) is 0 Å². The minimum absolute atomic E-state index is 0.0566. The van der Waals surface area contributed by atoms with Gasteiger partial charge in [-0.15, -0.1) is 0 Å². The Morgan fingerprint density at radius 1 is 0.960 bits per heavy atom. The van der Waals surface area contributed by atoms with E-state index in [0.717, 1.165) is 39.5 Å². The van der Waals surface area contributed by atoms with E-state index in [9.17, 15) is 5.21 Å². The summed E-state index contributed by atoms with van der Waals surface area (Å²) in [5.41, 5.74) is 3.52. The molecule has 2 aromatic carbocycles. The van der Waals surface area contributed by atoms with Crippen LogP contribution in [0.1, 0.15) is 39.7 Å². The lowest BCUT2D eigenvalue weighted by molar-refractivity contribution is -0.361. The summed E-state index contributed by atoms with van der Waals surface area (Å²) >= 11 is 0. The molecule has 0 atom stereocenters. The molecule has 0 aromatic heterocycles. The van der Waals surface area contributed by atoms with Crippen molar-refractivity contribution in [3.63, 3.8) is 0 Å². The van der Waals surface area contributed by atoms with Gasteiger partial charge in [-0.3, -0.25) is 0 Å². The summed E-state index contributed by atoms with van der Waals surface area (Å²) in [6.45, 7) is 8.79. The maximum absolute atomic E-state index is 12.9. The van der Waals surface area contributed by atoms with Crippen LogP contribution >= 0.6 is 0 Å². The first kappa shape index (κ1) is 15.9. The molecule has 4 rings (SSSR count). The molecule has 0 spiro atoms. The molecule has 0 saturated heterocycles. The van der Waals surface area contributed by atoms with Crippen molar-refractivity contribution in [3.05, 3.63) is 65.4 Å². The van der Waals surface area contributed by atoms with E-state index in [1.165, 1.54) is 0 Å². The summed E-state index contributed by atoms with van der Waals surface area (Å²) in [6, 6.07) is 15.4. The molecule has 2 aliphatic rings. The summed E-state index contributed by atoms with van der Waals surface area (Å²) in [4.78, 5) is 0. The molecule has 0 unspecified atom stereocenters. The quantitative estimate of drug-likeness (QED) is 0.505. The van der Waals surface area contributed by atoms with Gasteiger partial charge in [0.15, 0.2) is 0 Å². The molecule has 0 amide bonds. The second kappa shape index (κ2) is 5.22. The molecule has 1 aliphatic heterocycles. The number of para-hydroxylation sites is 1. The SMILES string of the molecule is CC1(C)C=C2C(=[N+]([O-])c3ccc(Oc4ccccc4)cc32)C(C)(C)C1. The molecule has 0 bridgehead atoms. The first-order chi connectivity index (χ1) is 11.8. The molecule has 1 aliphatic carbocycles. The third-order valence-corrected chi connectivity index (χ3v) is 4.99. The average Bonchev–Trinajstić information content (AvgIpc) is 2.79. The van der Waals surface area contributed by atoms with Crippen molar-refractivity contribution in [1.82, 2.24) is 0 Å². The van der Waals surface area contributed by atoms with Gasteiger partial charge in [0.2, 0.25) is 11.4 Å². The van der Waals surface area contributed by atoms with Crippen molar-refractivity contribution >= 4 is 17.0 Å². The van der Waals surface area contributed by atoms with Gasteiger partial charge in [0.05, 0.1) is 16.6 Å². The van der Waals surface area contributed by atoms with Gasteiger partial charge in [0.25, 0.3) is 0 Å². The van der Waals surface area contributed by atoms with Gasteiger partial charge >= 0.3 is 0 Å². The van der Waals surface area contributed by atoms with E-state index in [2.05, 4.69) is 33.8 Å². The highest BCUT2D eigenvalue weighted by molar-refractivity contribution is 6.28. The summed E-state index contributed by atoms with van der Waals surface area (Å²) in [7, 11) is 0. The first-order valence-corrected chi connectivity index (χ1v) is 8.72. The Bertz CT molecular complexity index is 905. The zero-order chi connectivity index (χ0) is 17.8. The van der Waals surface area contributed by atoms with Gasteiger partial charge in [0, 0.05) is 6.07 Å². The highest BCUT2D eigenvalue weighted by atomic mass is 16.5. The normalized spacial score (nSPS) is 19.9. The van der Waals surface area contributed by atoms with E-state index >= 15 is 0 Å². The smallest absolute Gasteiger partial charge is 0.225 e. The Hall–Kier alpha value is -2.55. The van der Waals surface area contributed by atoms with E-state index in [1.54, 1.807) is 0 Å². The lowest BCUT2D eigenvalue weighted by Crippen LogP contribution is -2.36. The maximum atomic E-state index is 12.9. The van der Waals surface area contributed by atoms with E-state index in [-0.39, 0.29) is 10.8 Å². The van der Waals surface area contributed by atoms with Crippen LogP contribution < -0.4 is 4.74 Å². The van der Waals surface area contributed by atoms with E-state index < -0.39 is 0 Å². The van der Waals surface area contributed by atoms with Gasteiger partial charge in [0.1, 0.15) is 11.5 Å². The second-order valence-electron chi connectivity index (χ2n) is 8.34. The Kier molecular flexibility index (Phi) is 3.33. The third kappa shape index (κ3) is 2.64. The number of nitrogens with zero attached hydrogens (tertiary/aromatic N) is 1. The minimum Gasteiger partial charge on any atom is -0.618 e. The van der Waals surface area contributed by atoms with Crippen molar-refractivity contribution in [2.24, 2.45) is 10.8 Å². The van der Waals surface area contributed by atoms with Crippen molar-refractivity contribution in [1.29, 1.82) is 0 Å². The lowest BCUT2D eigenvalue weighted by atomic mass is 9.65. The zero-order valence-corrected chi connectivity index (χ0v) is 15.2. The van der Waals surface area contributed by atoms with Gasteiger partial charge in [-0.05, 0) is 49.9 Å². The fourth-order valence-corrected chi connectivity index (χ4v) is 4.40. The number of allylic oxidation sites excluding steroid dienone is 2. The van der Waals surface area contributed by atoms with Crippen molar-refractivity contribution in [3.8, 4) is 11.5 Å². The predicted octanol–water partition coefficient (Wildman–Crippen LogP) is 5.91. The Balaban J connectivity index is 1.80. The molecule has 0 N–H and O–H groups in total. The molecule has 25 heavy (non-hydrogen) atoms. The lowest BCUT2D eigenvalue weighted by Gasteiger charge is -2.36.